The number of amides is 1. The molecule has 24 heavy (non-hydrogen) atoms. The van der Waals surface area contributed by atoms with Crippen LogP contribution in [0.5, 0.6) is 5.75 Å². The van der Waals surface area contributed by atoms with Crippen LogP contribution in [-0.4, -0.2) is 44.1 Å². The first kappa shape index (κ1) is 17.2. The van der Waals surface area contributed by atoms with Crippen LogP contribution in [0.25, 0.3) is 10.1 Å². The molecule has 0 radical (unpaired) electrons. The first-order valence-electron chi connectivity index (χ1n) is 8.74. The SMILES string of the molecule is COc1c(C(=O)NCCN(C)C2CCCCC2)sc2ccccc12. The van der Waals surface area contributed by atoms with E-state index in [4.69, 9.17) is 4.74 Å². The van der Waals surface area contributed by atoms with Gasteiger partial charge >= 0.3 is 0 Å². The second-order valence-electron chi connectivity index (χ2n) is 6.49. The number of hydrogen-bond acceptors (Lipinski definition) is 4. The third-order valence-corrected chi connectivity index (χ3v) is 6.06. The van der Waals surface area contributed by atoms with Crippen molar-refractivity contribution in [2.24, 2.45) is 0 Å². The minimum absolute atomic E-state index is 0.0369. The molecule has 2 aromatic rings. The van der Waals surface area contributed by atoms with E-state index in [0.717, 1.165) is 16.6 Å². The van der Waals surface area contributed by atoms with Gasteiger partial charge in [0.2, 0.25) is 0 Å². The Bertz CT molecular complexity index is 692. The Labute approximate surface area is 147 Å². The van der Waals surface area contributed by atoms with Gasteiger partial charge in [0, 0.05) is 29.2 Å². The fourth-order valence-electron chi connectivity index (χ4n) is 3.50. The second kappa shape index (κ2) is 7.99. The Kier molecular flexibility index (Phi) is 5.74. The zero-order valence-electron chi connectivity index (χ0n) is 14.5. The molecule has 1 N–H and O–H groups in total. The van der Waals surface area contributed by atoms with Gasteiger partial charge < -0.3 is 15.0 Å². The summed E-state index contributed by atoms with van der Waals surface area (Å²) >= 11 is 1.49. The Hall–Kier alpha value is -1.59. The number of rotatable bonds is 6. The fraction of sp³-hybridized carbons (Fsp3) is 0.526. The topological polar surface area (TPSA) is 41.6 Å². The molecule has 0 unspecified atom stereocenters. The summed E-state index contributed by atoms with van der Waals surface area (Å²) in [7, 11) is 3.80. The molecule has 1 heterocycles. The Morgan fingerprint density at radius 1 is 1.29 bits per heavy atom. The molecule has 5 heteroatoms. The van der Waals surface area contributed by atoms with Gasteiger partial charge in [-0.25, -0.2) is 0 Å². The molecule has 1 aliphatic carbocycles. The maximum atomic E-state index is 12.6. The number of thiophene rings is 1. The summed E-state index contributed by atoms with van der Waals surface area (Å²) in [6, 6.07) is 8.65. The van der Waals surface area contributed by atoms with E-state index < -0.39 is 0 Å². The fourth-order valence-corrected chi connectivity index (χ4v) is 4.59. The summed E-state index contributed by atoms with van der Waals surface area (Å²) in [5, 5.41) is 4.06. The smallest absolute Gasteiger partial charge is 0.265 e. The molecule has 0 saturated heterocycles. The van der Waals surface area contributed by atoms with Crippen LogP contribution in [0.2, 0.25) is 0 Å². The van der Waals surface area contributed by atoms with E-state index in [9.17, 15) is 4.79 Å². The molecule has 1 fully saturated rings. The highest BCUT2D eigenvalue weighted by atomic mass is 32.1. The lowest BCUT2D eigenvalue weighted by molar-refractivity contribution is 0.0946. The van der Waals surface area contributed by atoms with Gasteiger partial charge in [0.05, 0.1) is 7.11 Å². The number of fused-ring (bicyclic) bond motifs is 1. The van der Waals surface area contributed by atoms with Crippen LogP contribution < -0.4 is 10.1 Å². The van der Waals surface area contributed by atoms with Gasteiger partial charge in [-0.1, -0.05) is 31.4 Å². The van der Waals surface area contributed by atoms with Crippen molar-refractivity contribution < 1.29 is 9.53 Å². The van der Waals surface area contributed by atoms with Gasteiger partial charge in [0.15, 0.2) is 0 Å². The molecule has 4 nitrogen and oxygen atoms in total. The second-order valence-corrected chi connectivity index (χ2v) is 7.54. The van der Waals surface area contributed by atoms with Crippen molar-refractivity contribution in [3.8, 4) is 5.75 Å². The predicted octanol–water partition coefficient (Wildman–Crippen LogP) is 3.90. The third-order valence-electron chi connectivity index (χ3n) is 4.91. The van der Waals surface area contributed by atoms with Crippen molar-refractivity contribution in [3.05, 3.63) is 29.1 Å². The van der Waals surface area contributed by atoms with Crippen LogP contribution in [0.4, 0.5) is 0 Å². The van der Waals surface area contributed by atoms with E-state index in [1.165, 1.54) is 43.4 Å². The van der Waals surface area contributed by atoms with E-state index in [1.807, 2.05) is 24.3 Å². The average Bonchev–Trinajstić information content (AvgIpc) is 3.01. The van der Waals surface area contributed by atoms with Gasteiger partial charge in [-0.05, 0) is 32.0 Å². The molecular formula is C19H26N2O2S. The number of nitrogens with one attached hydrogen (secondary N) is 1. The number of methoxy groups -OCH3 is 1. The minimum Gasteiger partial charge on any atom is -0.494 e. The summed E-state index contributed by atoms with van der Waals surface area (Å²) in [4.78, 5) is 15.6. The first-order valence-corrected chi connectivity index (χ1v) is 9.56. The van der Waals surface area contributed by atoms with E-state index in [0.29, 0.717) is 23.2 Å². The summed E-state index contributed by atoms with van der Waals surface area (Å²) < 4.78 is 6.56. The molecule has 1 aromatic carbocycles. The van der Waals surface area contributed by atoms with E-state index in [-0.39, 0.29) is 5.91 Å². The van der Waals surface area contributed by atoms with Crippen LogP contribution in [-0.2, 0) is 0 Å². The van der Waals surface area contributed by atoms with Crippen molar-refractivity contribution in [1.29, 1.82) is 0 Å². The number of ether oxygens (including phenoxy) is 1. The van der Waals surface area contributed by atoms with Crippen LogP contribution in [0.3, 0.4) is 0 Å². The third kappa shape index (κ3) is 3.73. The Morgan fingerprint density at radius 2 is 2.04 bits per heavy atom. The van der Waals surface area contributed by atoms with Crippen molar-refractivity contribution in [1.82, 2.24) is 10.2 Å². The number of hydrogen-bond donors (Lipinski definition) is 1. The van der Waals surface area contributed by atoms with Crippen LogP contribution in [0, 0.1) is 0 Å². The molecule has 0 bridgehead atoms. The summed E-state index contributed by atoms with van der Waals surface area (Å²) in [5.74, 6) is 0.652. The Morgan fingerprint density at radius 3 is 2.79 bits per heavy atom. The maximum Gasteiger partial charge on any atom is 0.265 e. The molecule has 0 spiro atoms. The van der Waals surface area contributed by atoms with Gasteiger partial charge in [0.1, 0.15) is 10.6 Å². The molecule has 1 aliphatic rings. The summed E-state index contributed by atoms with van der Waals surface area (Å²) in [5.41, 5.74) is 0. The average molecular weight is 346 g/mol. The highest BCUT2D eigenvalue weighted by molar-refractivity contribution is 7.21. The zero-order valence-corrected chi connectivity index (χ0v) is 15.3. The van der Waals surface area contributed by atoms with E-state index >= 15 is 0 Å². The van der Waals surface area contributed by atoms with Gasteiger partial charge in [-0.2, -0.15) is 0 Å². The quantitative estimate of drug-likeness (QED) is 0.862. The largest absolute Gasteiger partial charge is 0.494 e. The molecule has 0 atom stereocenters. The van der Waals surface area contributed by atoms with Crippen molar-refractivity contribution >= 4 is 27.3 Å². The number of benzene rings is 1. The molecule has 0 aliphatic heterocycles. The molecule has 1 saturated carbocycles. The lowest BCUT2D eigenvalue weighted by Crippen LogP contribution is -2.39. The molecule has 1 aromatic heterocycles. The lowest BCUT2D eigenvalue weighted by Gasteiger charge is -2.31. The van der Waals surface area contributed by atoms with E-state index in [2.05, 4.69) is 17.3 Å². The van der Waals surface area contributed by atoms with Gasteiger partial charge in [-0.3, -0.25) is 4.79 Å². The van der Waals surface area contributed by atoms with Crippen LogP contribution in [0.1, 0.15) is 41.8 Å². The lowest BCUT2D eigenvalue weighted by atomic mass is 9.94. The monoisotopic (exact) mass is 346 g/mol. The summed E-state index contributed by atoms with van der Waals surface area (Å²) in [6.07, 6.45) is 6.61. The van der Waals surface area contributed by atoms with Crippen LogP contribution in [0.15, 0.2) is 24.3 Å². The van der Waals surface area contributed by atoms with Crippen molar-refractivity contribution in [3.63, 3.8) is 0 Å². The molecule has 1 amide bonds. The standard InChI is InChI=1S/C19H26N2O2S/c1-21(14-8-4-3-5-9-14)13-12-20-19(22)18-17(23-2)15-10-6-7-11-16(15)24-18/h6-7,10-11,14H,3-5,8-9,12-13H2,1-2H3,(H,20,22). The number of carbonyl (C=O) groups excluding carboxylic acids is 1. The normalized spacial score (nSPS) is 15.8. The minimum atomic E-state index is -0.0369. The molecule has 130 valence electrons. The maximum absolute atomic E-state index is 12.6. The Balaban J connectivity index is 1.59. The molecular weight excluding hydrogens is 320 g/mol. The van der Waals surface area contributed by atoms with Gasteiger partial charge in [0.25, 0.3) is 5.91 Å². The van der Waals surface area contributed by atoms with E-state index in [1.54, 1.807) is 7.11 Å². The highest BCUT2D eigenvalue weighted by Gasteiger charge is 2.20. The molecule has 3 rings (SSSR count). The predicted molar refractivity (Wildman–Crippen MR) is 100 cm³/mol. The van der Waals surface area contributed by atoms with Crippen molar-refractivity contribution in [2.75, 3.05) is 27.2 Å². The number of likely N-dealkylation sites (N-methyl/N-ethyl adjacent to an activating group) is 1. The summed E-state index contributed by atoms with van der Waals surface area (Å²) in [6.45, 7) is 1.56. The zero-order chi connectivity index (χ0) is 16.9. The van der Waals surface area contributed by atoms with Crippen molar-refractivity contribution in [2.45, 2.75) is 38.1 Å². The first-order chi connectivity index (χ1) is 11.7. The highest BCUT2D eigenvalue weighted by Crippen LogP contribution is 2.37. The van der Waals surface area contributed by atoms with Crippen LogP contribution >= 0.6 is 11.3 Å². The number of nitrogens with zero attached hydrogens (tertiary/aromatic N) is 1. The van der Waals surface area contributed by atoms with Gasteiger partial charge in [-0.15, -0.1) is 11.3 Å². The number of carbonyl (C=O) groups is 1.